The minimum atomic E-state index is -0.522. The van der Waals surface area contributed by atoms with Crippen LogP contribution >= 0.6 is 0 Å². The van der Waals surface area contributed by atoms with Crippen LogP contribution in [0.3, 0.4) is 0 Å². The van der Waals surface area contributed by atoms with Gasteiger partial charge in [0.1, 0.15) is 11.8 Å². The first kappa shape index (κ1) is 23.8. The van der Waals surface area contributed by atoms with Gasteiger partial charge in [-0.1, -0.05) is 73.7 Å². The van der Waals surface area contributed by atoms with Gasteiger partial charge in [0.2, 0.25) is 5.91 Å². The zero-order chi connectivity index (χ0) is 22.9. The van der Waals surface area contributed by atoms with E-state index in [1.54, 1.807) is 4.90 Å². The molecule has 2 aromatic carbocycles. The fourth-order valence-corrected chi connectivity index (χ4v) is 4.33. The fraction of sp³-hybridized carbons (Fsp3) is 0.481. The lowest BCUT2D eigenvalue weighted by atomic mass is 9.95. The maximum atomic E-state index is 13.3. The highest BCUT2D eigenvalue weighted by Crippen LogP contribution is 2.19. The predicted molar refractivity (Wildman–Crippen MR) is 127 cm³/mol. The maximum absolute atomic E-state index is 13.3. The molecule has 2 amide bonds. The van der Waals surface area contributed by atoms with Crippen LogP contribution < -0.4 is 10.1 Å². The molecule has 1 aliphatic rings. The van der Waals surface area contributed by atoms with E-state index in [1.807, 2.05) is 63.2 Å². The summed E-state index contributed by atoms with van der Waals surface area (Å²) in [6.07, 6.45) is 6.13. The van der Waals surface area contributed by atoms with Crippen molar-refractivity contribution in [2.75, 3.05) is 6.61 Å². The first-order chi connectivity index (χ1) is 15.5. The minimum absolute atomic E-state index is 0.0595. The molecule has 0 bridgehead atoms. The Bertz CT molecular complexity index is 888. The maximum Gasteiger partial charge on any atom is 0.261 e. The van der Waals surface area contributed by atoms with Crippen LogP contribution in [-0.2, 0) is 16.1 Å². The number of ether oxygens (including phenoxy) is 1. The van der Waals surface area contributed by atoms with Gasteiger partial charge in [-0.2, -0.15) is 0 Å². The smallest absolute Gasteiger partial charge is 0.261 e. The molecule has 0 saturated heterocycles. The van der Waals surface area contributed by atoms with Gasteiger partial charge in [-0.05, 0) is 50.8 Å². The van der Waals surface area contributed by atoms with E-state index in [0.29, 0.717) is 18.7 Å². The number of nitrogens with zero attached hydrogens (tertiary/aromatic N) is 1. The summed E-state index contributed by atoms with van der Waals surface area (Å²) in [4.78, 5) is 28.2. The average Bonchev–Trinajstić information content (AvgIpc) is 2.79. The second-order valence-electron chi connectivity index (χ2n) is 8.88. The summed E-state index contributed by atoms with van der Waals surface area (Å²) >= 11 is 0. The van der Waals surface area contributed by atoms with Crippen LogP contribution in [0.4, 0.5) is 0 Å². The van der Waals surface area contributed by atoms with Crippen molar-refractivity contribution in [2.45, 2.75) is 77.9 Å². The highest BCUT2D eigenvalue weighted by molar-refractivity contribution is 5.88. The van der Waals surface area contributed by atoms with Crippen LogP contribution in [0.15, 0.2) is 48.5 Å². The van der Waals surface area contributed by atoms with Crippen LogP contribution in [0.25, 0.3) is 0 Å². The van der Waals surface area contributed by atoms with Crippen molar-refractivity contribution in [1.29, 1.82) is 0 Å². The van der Waals surface area contributed by atoms with E-state index in [2.05, 4.69) is 11.4 Å². The zero-order valence-corrected chi connectivity index (χ0v) is 19.6. The molecule has 5 heteroatoms. The molecule has 5 nitrogen and oxygen atoms in total. The molecule has 0 aromatic heterocycles. The zero-order valence-electron chi connectivity index (χ0n) is 19.6. The predicted octanol–water partition coefficient (Wildman–Crippen LogP) is 4.94. The third kappa shape index (κ3) is 6.84. The number of amides is 2. The lowest BCUT2D eigenvalue weighted by molar-refractivity contribution is -0.143. The lowest BCUT2D eigenvalue weighted by Gasteiger charge is -2.32. The van der Waals surface area contributed by atoms with E-state index in [0.717, 1.165) is 42.4 Å². The second-order valence-corrected chi connectivity index (χ2v) is 8.88. The van der Waals surface area contributed by atoms with E-state index in [-0.39, 0.29) is 24.5 Å². The van der Waals surface area contributed by atoms with E-state index in [1.165, 1.54) is 6.42 Å². The van der Waals surface area contributed by atoms with Crippen molar-refractivity contribution in [3.8, 4) is 5.75 Å². The number of benzene rings is 2. The summed E-state index contributed by atoms with van der Waals surface area (Å²) in [5, 5.41) is 3.21. The summed E-state index contributed by atoms with van der Waals surface area (Å²) < 4.78 is 5.77. The fourth-order valence-electron chi connectivity index (χ4n) is 4.33. The van der Waals surface area contributed by atoms with E-state index >= 15 is 0 Å². The summed E-state index contributed by atoms with van der Waals surface area (Å²) in [6, 6.07) is 15.4. The van der Waals surface area contributed by atoms with Crippen LogP contribution in [0.2, 0.25) is 0 Å². The Morgan fingerprint density at radius 3 is 2.41 bits per heavy atom. The molecule has 3 rings (SSSR count). The van der Waals surface area contributed by atoms with Crippen molar-refractivity contribution in [2.24, 2.45) is 0 Å². The molecular weight excluding hydrogens is 400 g/mol. The normalized spacial score (nSPS) is 15.1. The van der Waals surface area contributed by atoms with Gasteiger partial charge in [-0.3, -0.25) is 9.59 Å². The quantitative estimate of drug-likeness (QED) is 0.606. The number of carbonyl (C=O) groups is 2. The largest absolute Gasteiger partial charge is 0.484 e. The SMILES string of the molecule is CCC(C(=O)NC1CCCCC1)N(Cc1cccc(C)c1)C(=O)COc1ccc(C)cc1. The highest BCUT2D eigenvalue weighted by Gasteiger charge is 2.30. The Hall–Kier alpha value is -2.82. The van der Waals surface area contributed by atoms with Gasteiger partial charge in [-0.25, -0.2) is 0 Å². The Kier molecular flexibility index (Phi) is 8.72. The summed E-state index contributed by atoms with van der Waals surface area (Å²) in [7, 11) is 0. The summed E-state index contributed by atoms with van der Waals surface area (Å²) in [5.74, 6) is 0.410. The van der Waals surface area contributed by atoms with Gasteiger partial charge in [0, 0.05) is 12.6 Å². The van der Waals surface area contributed by atoms with Crippen molar-refractivity contribution in [3.05, 3.63) is 65.2 Å². The van der Waals surface area contributed by atoms with Crippen molar-refractivity contribution in [3.63, 3.8) is 0 Å². The van der Waals surface area contributed by atoms with Gasteiger partial charge in [0.15, 0.2) is 6.61 Å². The minimum Gasteiger partial charge on any atom is -0.484 e. The van der Waals surface area contributed by atoms with E-state index in [4.69, 9.17) is 4.74 Å². The molecule has 1 aliphatic carbocycles. The molecule has 0 heterocycles. The Morgan fingerprint density at radius 2 is 1.75 bits per heavy atom. The third-order valence-electron chi connectivity index (χ3n) is 6.16. The Labute approximate surface area is 192 Å². The standard InChI is InChI=1S/C27H36N2O3/c1-4-25(27(31)28-23-11-6-5-7-12-23)29(18-22-10-8-9-21(3)17-22)26(30)19-32-24-15-13-20(2)14-16-24/h8-10,13-17,23,25H,4-7,11-12,18-19H2,1-3H3,(H,28,31). The monoisotopic (exact) mass is 436 g/mol. The first-order valence-corrected chi connectivity index (χ1v) is 11.8. The van der Waals surface area contributed by atoms with Gasteiger partial charge in [0.25, 0.3) is 5.91 Å². The van der Waals surface area contributed by atoms with Crippen molar-refractivity contribution < 1.29 is 14.3 Å². The molecule has 0 spiro atoms. The molecule has 1 unspecified atom stereocenters. The van der Waals surface area contributed by atoms with Crippen molar-refractivity contribution in [1.82, 2.24) is 10.2 Å². The van der Waals surface area contributed by atoms with Crippen molar-refractivity contribution >= 4 is 11.8 Å². The van der Waals surface area contributed by atoms with Gasteiger partial charge in [0.05, 0.1) is 0 Å². The molecule has 32 heavy (non-hydrogen) atoms. The molecule has 2 aromatic rings. The molecule has 1 saturated carbocycles. The van der Waals surface area contributed by atoms with Crippen LogP contribution in [0, 0.1) is 13.8 Å². The van der Waals surface area contributed by atoms with Gasteiger partial charge >= 0.3 is 0 Å². The number of hydrogen-bond acceptors (Lipinski definition) is 3. The molecular formula is C27H36N2O3. The summed E-state index contributed by atoms with van der Waals surface area (Å²) in [6.45, 7) is 6.29. The number of nitrogens with one attached hydrogen (secondary N) is 1. The number of rotatable bonds is 9. The third-order valence-corrected chi connectivity index (χ3v) is 6.16. The second kappa shape index (κ2) is 11.7. The molecule has 1 N–H and O–H groups in total. The van der Waals surface area contributed by atoms with Gasteiger partial charge in [-0.15, -0.1) is 0 Å². The first-order valence-electron chi connectivity index (χ1n) is 11.8. The van der Waals surface area contributed by atoms with Crippen LogP contribution in [0.1, 0.15) is 62.1 Å². The molecule has 1 atom stereocenters. The summed E-state index contributed by atoms with van der Waals surface area (Å²) in [5.41, 5.74) is 3.28. The van der Waals surface area contributed by atoms with Crippen LogP contribution in [-0.4, -0.2) is 35.4 Å². The number of carbonyl (C=O) groups excluding carboxylic acids is 2. The van der Waals surface area contributed by atoms with E-state index < -0.39 is 6.04 Å². The molecule has 0 aliphatic heterocycles. The Balaban J connectivity index is 1.74. The molecule has 172 valence electrons. The highest BCUT2D eigenvalue weighted by atomic mass is 16.5. The lowest BCUT2D eigenvalue weighted by Crippen LogP contribution is -2.52. The average molecular weight is 437 g/mol. The molecule has 0 radical (unpaired) electrons. The van der Waals surface area contributed by atoms with Crippen LogP contribution in [0.5, 0.6) is 5.75 Å². The number of hydrogen-bond donors (Lipinski definition) is 1. The molecule has 1 fully saturated rings. The number of aryl methyl sites for hydroxylation is 2. The topological polar surface area (TPSA) is 58.6 Å². The Morgan fingerprint density at radius 1 is 1.03 bits per heavy atom. The van der Waals surface area contributed by atoms with E-state index in [9.17, 15) is 9.59 Å². The van der Waals surface area contributed by atoms with Gasteiger partial charge < -0.3 is 15.0 Å².